The zero-order valence-electron chi connectivity index (χ0n) is 8.28. The summed E-state index contributed by atoms with van der Waals surface area (Å²) in [5.41, 5.74) is -1.30. The Kier molecular flexibility index (Phi) is 3.58. The monoisotopic (exact) mass is 197 g/mol. The zero-order chi connectivity index (χ0) is 10.6. The number of hydrogen-bond donors (Lipinski definition) is 1. The number of aryl methyl sites for hydroxylation is 1. The Balaban J connectivity index is 2.64. The van der Waals surface area contributed by atoms with Crippen molar-refractivity contribution in [3.8, 4) is 0 Å². The largest absolute Gasteiger partial charge is 0.330 e. The fourth-order valence-electron chi connectivity index (χ4n) is 1.05. The van der Waals surface area contributed by atoms with Crippen molar-refractivity contribution in [3.05, 3.63) is 27.0 Å². The number of H-pyrrole nitrogens is 1. The molecule has 1 aromatic rings. The number of nitrogens with zero attached hydrogens (tertiary/aromatic N) is 3. The topological polar surface area (TPSA) is 71.0 Å². The quantitative estimate of drug-likeness (QED) is 0.608. The SMILES string of the molecule is CN(C)CCCn1[c]n[nH]c(=O)c1=O. The van der Waals surface area contributed by atoms with E-state index < -0.39 is 11.1 Å². The lowest BCUT2D eigenvalue weighted by Gasteiger charge is -2.08. The molecule has 0 spiro atoms. The van der Waals surface area contributed by atoms with Gasteiger partial charge in [0.1, 0.15) is 0 Å². The summed E-state index contributed by atoms with van der Waals surface area (Å²) in [5, 5.41) is 5.46. The van der Waals surface area contributed by atoms with Gasteiger partial charge in [0.05, 0.1) is 0 Å². The molecule has 77 valence electrons. The van der Waals surface area contributed by atoms with Crippen LogP contribution in [0.4, 0.5) is 0 Å². The molecule has 1 heterocycles. The second kappa shape index (κ2) is 4.71. The number of nitrogens with one attached hydrogen (secondary N) is 1. The van der Waals surface area contributed by atoms with Crippen molar-refractivity contribution in [2.45, 2.75) is 13.0 Å². The van der Waals surface area contributed by atoms with E-state index in [1.807, 2.05) is 24.1 Å². The average molecular weight is 197 g/mol. The molecule has 1 rings (SSSR count). The number of rotatable bonds is 4. The molecule has 0 aliphatic heterocycles. The molecule has 0 aromatic carbocycles. The summed E-state index contributed by atoms with van der Waals surface area (Å²) in [6.07, 6.45) is 3.22. The summed E-state index contributed by atoms with van der Waals surface area (Å²) in [7, 11) is 3.89. The maximum Gasteiger partial charge on any atom is 0.330 e. The molecule has 1 aromatic heterocycles. The van der Waals surface area contributed by atoms with E-state index in [4.69, 9.17) is 0 Å². The summed E-state index contributed by atoms with van der Waals surface area (Å²) < 4.78 is 1.20. The summed E-state index contributed by atoms with van der Waals surface area (Å²) in [6, 6.07) is 0. The fourth-order valence-corrected chi connectivity index (χ4v) is 1.05. The van der Waals surface area contributed by atoms with Crippen molar-refractivity contribution in [1.82, 2.24) is 19.7 Å². The highest BCUT2D eigenvalue weighted by molar-refractivity contribution is 4.73. The first-order valence-electron chi connectivity index (χ1n) is 4.33. The van der Waals surface area contributed by atoms with E-state index in [0.29, 0.717) is 6.54 Å². The highest BCUT2D eigenvalue weighted by atomic mass is 16.2. The van der Waals surface area contributed by atoms with Crippen LogP contribution in [0.25, 0.3) is 0 Å². The predicted octanol–water partition coefficient (Wildman–Crippen LogP) is -1.32. The van der Waals surface area contributed by atoms with Crippen molar-refractivity contribution in [2.24, 2.45) is 0 Å². The van der Waals surface area contributed by atoms with Crippen LogP contribution in [0.5, 0.6) is 0 Å². The van der Waals surface area contributed by atoms with Crippen LogP contribution in [-0.4, -0.2) is 40.3 Å². The van der Waals surface area contributed by atoms with Crippen LogP contribution in [0.1, 0.15) is 6.42 Å². The highest BCUT2D eigenvalue weighted by Crippen LogP contribution is 1.85. The Bertz CT molecular complexity index is 393. The number of aromatic nitrogens is 3. The van der Waals surface area contributed by atoms with Gasteiger partial charge in [-0.1, -0.05) is 0 Å². The minimum atomic E-state index is -0.700. The molecule has 0 atom stereocenters. The van der Waals surface area contributed by atoms with Gasteiger partial charge in [0, 0.05) is 6.54 Å². The second-order valence-electron chi connectivity index (χ2n) is 3.27. The van der Waals surface area contributed by atoms with Crippen LogP contribution in [0, 0.1) is 6.33 Å². The standard InChI is InChI=1S/C8H13N4O2/c1-11(2)4-3-5-12-6-9-10-7(13)8(12)14/h3-5H2,1-2H3,(H,10,13). The molecule has 0 fully saturated rings. The van der Waals surface area contributed by atoms with Gasteiger partial charge in [0.2, 0.25) is 6.33 Å². The van der Waals surface area contributed by atoms with Crippen LogP contribution in [0.2, 0.25) is 0 Å². The van der Waals surface area contributed by atoms with Gasteiger partial charge >= 0.3 is 11.1 Å². The van der Waals surface area contributed by atoms with E-state index >= 15 is 0 Å². The minimum Gasteiger partial charge on any atom is -0.309 e. The second-order valence-corrected chi connectivity index (χ2v) is 3.27. The van der Waals surface area contributed by atoms with Crippen LogP contribution < -0.4 is 11.1 Å². The van der Waals surface area contributed by atoms with Crippen molar-refractivity contribution in [1.29, 1.82) is 0 Å². The third-order valence-corrected chi connectivity index (χ3v) is 1.75. The smallest absolute Gasteiger partial charge is 0.309 e. The first-order valence-corrected chi connectivity index (χ1v) is 4.33. The molecule has 6 nitrogen and oxygen atoms in total. The Morgan fingerprint density at radius 1 is 1.50 bits per heavy atom. The van der Waals surface area contributed by atoms with Crippen LogP contribution in [-0.2, 0) is 6.54 Å². The Labute approximate surface area is 81.2 Å². The lowest BCUT2D eigenvalue weighted by molar-refractivity contribution is 0.383. The normalized spacial score (nSPS) is 10.8. The minimum absolute atomic E-state index is 0.466. The van der Waals surface area contributed by atoms with E-state index in [2.05, 4.69) is 11.4 Å². The van der Waals surface area contributed by atoms with Gasteiger partial charge in [-0.05, 0) is 27.1 Å². The Morgan fingerprint density at radius 2 is 2.21 bits per heavy atom. The van der Waals surface area contributed by atoms with E-state index in [1.54, 1.807) is 0 Å². The van der Waals surface area contributed by atoms with Gasteiger partial charge in [0.25, 0.3) is 0 Å². The molecular weight excluding hydrogens is 184 g/mol. The summed E-state index contributed by atoms with van der Waals surface area (Å²) in [5.74, 6) is 0. The summed E-state index contributed by atoms with van der Waals surface area (Å²) in [6.45, 7) is 1.32. The maximum atomic E-state index is 11.2. The molecule has 0 aliphatic carbocycles. The van der Waals surface area contributed by atoms with Gasteiger partial charge in [-0.3, -0.25) is 14.2 Å². The van der Waals surface area contributed by atoms with Crippen LogP contribution in [0.3, 0.4) is 0 Å². The van der Waals surface area contributed by atoms with Crippen molar-refractivity contribution in [2.75, 3.05) is 20.6 Å². The Hall–Kier alpha value is -1.43. The van der Waals surface area contributed by atoms with Crippen molar-refractivity contribution in [3.63, 3.8) is 0 Å². The third kappa shape index (κ3) is 2.81. The highest BCUT2D eigenvalue weighted by Gasteiger charge is 2.00. The van der Waals surface area contributed by atoms with E-state index in [9.17, 15) is 9.59 Å². The number of hydrogen-bond acceptors (Lipinski definition) is 4. The zero-order valence-corrected chi connectivity index (χ0v) is 8.28. The van der Waals surface area contributed by atoms with Gasteiger partial charge in [-0.2, -0.15) is 5.10 Å². The molecule has 1 radical (unpaired) electrons. The molecule has 14 heavy (non-hydrogen) atoms. The molecule has 0 unspecified atom stereocenters. The maximum absolute atomic E-state index is 11.2. The van der Waals surface area contributed by atoms with Crippen LogP contribution >= 0.6 is 0 Å². The van der Waals surface area contributed by atoms with Gasteiger partial charge in [0.15, 0.2) is 0 Å². The van der Waals surface area contributed by atoms with E-state index in [-0.39, 0.29) is 0 Å². The van der Waals surface area contributed by atoms with Crippen molar-refractivity contribution >= 4 is 0 Å². The molecule has 0 bridgehead atoms. The molecule has 6 heteroatoms. The fraction of sp³-hybridized carbons (Fsp3) is 0.625. The predicted molar refractivity (Wildman–Crippen MR) is 51.1 cm³/mol. The third-order valence-electron chi connectivity index (χ3n) is 1.75. The van der Waals surface area contributed by atoms with Gasteiger partial charge in [-0.15, -0.1) is 0 Å². The summed E-state index contributed by atoms with van der Waals surface area (Å²) in [4.78, 5) is 24.0. The van der Waals surface area contributed by atoms with E-state index in [0.717, 1.165) is 13.0 Å². The molecule has 0 amide bonds. The average Bonchev–Trinajstić information content (AvgIpc) is 2.12. The Morgan fingerprint density at radius 3 is 2.86 bits per heavy atom. The van der Waals surface area contributed by atoms with Crippen molar-refractivity contribution < 1.29 is 0 Å². The van der Waals surface area contributed by atoms with Gasteiger partial charge in [-0.25, -0.2) is 5.10 Å². The lowest BCUT2D eigenvalue weighted by atomic mass is 10.4. The molecular formula is C8H13N4O2. The number of aromatic amines is 1. The van der Waals surface area contributed by atoms with Crippen LogP contribution in [0.15, 0.2) is 9.59 Å². The first-order chi connectivity index (χ1) is 6.61. The van der Waals surface area contributed by atoms with E-state index in [1.165, 1.54) is 4.57 Å². The molecule has 0 saturated heterocycles. The molecule has 0 aliphatic rings. The molecule has 1 N–H and O–H groups in total. The first kappa shape index (κ1) is 10.6. The summed E-state index contributed by atoms with van der Waals surface area (Å²) >= 11 is 0. The van der Waals surface area contributed by atoms with Gasteiger partial charge < -0.3 is 4.90 Å². The molecule has 0 saturated carbocycles. The lowest BCUT2D eigenvalue weighted by Crippen LogP contribution is -2.37.